The molecule has 0 aliphatic carbocycles. The van der Waals surface area contributed by atoms with Crippen LogP contribution >= 0.6 is 0 Å². The van der Waals surface area contributed by atoms with Crippen molar-refractivity contribution in [1.29, 1.82) is 0 Å². The van der Waals surface area contributed by atoms with Crippen molar-refractivity contribution in [3.8, 4) is 11.4 Å². The van der Waals surface area contributed by atoms with E-state index in [0.717, 1.165) is 0 Å². The molecule has 2 amide bonds. The molecule has 1 fully saturated rings. The first-order chi connectivity index (χ1) is 14.2. The summed E-state index contributed by atoms with van der Waals surface area (Å²) in [6.07, 6.45) is 1.81. The van der Waals surface area contributed by atoms with Crippen LogP contribution in [0.4, 0.5) is 16.3 Å². The molecule has 0 atom stereocenters. The molecule has 0 saturated carbocycles. The number of hydrogen-bond donors (Lipinski definition) is 4. The van der Waals surface area contributed by atoms with Crippen molar-refractivity contribution in [2.75, 3.05) is 43.7 Å². The second kappa shape index (κ2) is 8.94. The quantitative estimate of drug-likeness (QED) is 0.521. The van der Waals surface area contributed by atoms with E-state index in [2.05, 4.69) is 20.6 Å². The van der Waals surface area contributed by atoms with E-state index in [0.29, 0.717) is 48.8 Å². The lowest BCUT2D eigenvalue weighted by atomic mass is 9.94. The van der Waals surface area contributed by atoms with Crippen LogP contribution in [0.5, 0.6) is 0 Å². The molecule has 11 heteroatoms. The first kappa shape index (κ1) is 21.9. The summed E-state index contributed by atoms with van der Waals surface area (Å²) in [5.74, 6) is 0.478. The number of nitrogens with zero attached hydrogens (tertiary/aromatic N) is 2. The smallest absolute Gasteiger partial charge is 0.319 e. The van der Waals surface area contributed by atoms with Crippen LogP contribution in [0.25, 0.3) is 11.4 Å². The third kappa shape index (κ3) is 4.69. The van der Waals surface area contributed by atoms with E-state index in [-0.39, 0.29) is 19.0 Å². The molecule has 1 aliphatic rings. The number of nitrogens with one attached hydrogen (secondary N) is 2. The number of aliphatic hydroxyl groups excluding tert-OH is 1. The SMILES string of the molecule is CS(=O)(=O)C1(c2cc(N)nc(-c3ccc(NC(=O)NCCO)cc3)n2)CCOCC1. The molecule has 1 aliphatic heterocycles. The number of nitrogens with two attached hydrogens (primary N) is 1. The predicted octanol–water partition coefficient (Wildman–Crippen LogP) is 0.890. The summed E-state index contributed by atoms with van der Waals surface area (Å²) >= 11 is 0. The van der Waals surface area contributed by atoms with Gasteiger partial charge in [-0.05, 0) is 37.1 Å². The summed E-state index contributed by atoms with van der Waals surface area (Å²) in [6, 6.07) is 7.82. The van der Waals surface area contributed by atoms with Gasteiger partial charge in [-0.3, -0.25) is 0 Å². The number of rotatable bonds is 6. The highest BCUT2D eigenvalue weighted by Gasteiger charge is 2.45. The first-order valence-electron chi connectivity index (χ1n) is 9.44. The minimum atomic E-state index is -3.48. The Kier molecular flexibility index (Phi) is 6.54. The third-order valence-electron chi connectivity index (χ3n) is 5.02. The van der Waals surface area contributed by atoms with Gasteiger partial charge in [0.05, 0.1) is 12.3 Å². The second-order valence-electron chi connectivity index (χ2n) is 7.06. The number of carbonyl (C=O) groups is 1. The summed E-state index contributed by atoms with van der Waals surface area (Å²) in [7, 11) is -3.48. The average Bonchev–Trinajstić information content (AvgIpc) is 2.72. The highest BCUT2D eigenvalue weighted by Crippen LogP contribution is 2.39. The monoisotopic (exact) mass is 435 g/mol. The van der Waals surface area contributed by atoms with Gasteiger partial charge in [-0.15, -0.1) is 0 Å². The number of aliphatic hydroxyl groups is 1. The second-order valence-corrected chi connectivity index (χ2v) is 9.39. The van der Waals surface area contributed by atoms with Crippen LogP contribution in [0.1, 0.15) is 18.5 Å². The molecular formula is C19H25N5O5S. The number of aromatic nitrogens is 2. The summed E-state index contributed by atoms with van der Waals surface area (Å²) in [5.41, 5.74) is 7.51. The molecule has 2 aromatic rings. The van der Waals surface area contributed by atoms with Crippen LogP contribution in [-0.2, 0) is 19.3 Å². The zero-order valence-electron chi connectivity index (χ0n) is 16.6. The molecule has 162 valence electrons. The highest BCUT2D eigenvalue weighted by molar-refractivity contribution is 7.91. The molecule has 30 heavy (non-hydrogen) atoms. The minimum Gasteiger partial charge on any atom is -0.395 e. The molecular weight excluding hydrogens is 410 g/mol. The van der Waals surface area contributed by atoms with Crippen molar-refractivity contribution in [1.82, 2.24) is 15.3 Å². The summed E-state index contributed by atoms with van der Waals surface area (Å²) < 4.78 is 29.5. The van der Waals surface area contributed by atoms with Crippen LogP contribution in [0, 0.1) is 0 Å². The Morgan fingerprint density at radius 2 is 1.90 bits per heavy atom. The summed E-state index contributed by atoms with van der Waals surface area (Å²) in [5, 5.41) is 13.9. The van der Waals surface area contributed by atoms with Crippen LogP contribution in [0.15, 0.2) is 30.3 Å². The highest BCUT2D eigenvalue weighted by atomic mass is 32.2. The van der Waals surface area contributed by atoms with Crippen molar-refractivity contribution in [2.45, 2.75) is 17.6 Å². The van der Waals surface area contributed by atoms with Gasteiger partial charge in [0, 0.05) is 43.3 Å². The Balaban J connectivity index is 1.91. The van der Waals surface area contributed by atoms with Crippen molar-refractivity contribution >= 4 is 27.4 Å². The predicted molar refractivity (Wildman–Crippen MR) is 113 cm³/mol. The van der Waals surface area contributed by atoms with E-state index in [4.69, 9.17) is 15.6 Å². The van der Waals surface area contributed by atoms with Gasteiger partial charge in [-0.1, -0.05) is 0 Å². The number of urea groups is 1. The largest absolute Gasteiger partial charge is 0.395 e. The van der Waals surface area contributed by atoms with Crippen molar-refractivity contribution < 1.29 is 23.1 Å². The molecule has 2 heterocycles. The number of ether oxygens (including phenoxy) is 1. The molecule has 0 unspecified atom stereocenters. The first-order valence-corrected chi connectivity index (χ1v) is 11.3. The van der Waals surface area contributed by atoms with Gasteiger partial charge in [-0.2, -0.15) is 0 Å². The summed E-state index contributed by atoms with van der Waals surface area (Å²) in [4.78, 5) is 20.5. The van der Waals surface area contributed by atoms with E-state index >= 15 is 0 Å². The maximum absolute atomic E-state index is 12.7. The fourth-order valence-electron chi connectivity index (χ4n) is 3.39. The van der Waals surface area contributed by atoms with E-state index < -0.39 is 20.6 Å². The van der Waals surface area contributed by atoms with Crippen LogP contribution in [0.3, 0.4) is 0 Å². The molecule has 1 aromatic heterocycles. The number of sulfone groups is 1. The van der Waals surface area contributed by atoms with Crippen molar-refractivity contribution in [2.24, 2.45) is 0 Å². The number of benzene rings is 1. The fourth-order valence-corrected chi connectivity index (χ4v) is 4.79. The Morgan fingerprint density at radius 3 is 2.50 bits per heavy atom. The maximum Gasteiger partial charge on any atom is 0.319 e. The number of hydrogen-bond acceptors (Lipinski definition) is 8. The molecule has 1 aromatic carbocycles. The molecule has 10 nitrogen and oxygen atoms in total. The van der Waals surface area contributed by atoms with Gasteiger partial charge in [0.15, 0.2) is 15.7 Å². The normalized spacial score (nSPS) is 16.1. The van der Waals surface area contributed by atoms with Gasteiger partial charge < -0.3 is 26.2 Å². The standard InChI is InChI=1S/C19H25N5O5S/c1-30(27,28)19(6-10-29-11-7-19)15-12-16(20)24-17(23-15)13-2-4-14(5-3-13)22-18(26)21-8-9-25/h2-5,12,25H,6-11H2,1H3,(H2,20,23,24)(H2,21,22,26). The average molecular weight is 436 g/mol. The van der Waals surface area contributed by atoms with E-state index in [1.807, 2.05) is 0 Å². The summed E-state index contributed by atoms with van der Waals surface area (Å²) in [6.45, 7) is 0.648. The topological polar surface area (TPSA) is 157 Å². The molecule has 3 rings (SSSR count). The third-order valence-corrected chi connectivity index (χ3v) is 7.06. The van der Waals surface area contributed by atoms with Gasteiger partial charge in [-0.25, -0.2) is 23.2 Å². The lowest BCUT2D eigenvalue weighted by molar-refractivity contribution is 0.0732. The number of carbonyl (C=O) groups excluding carboxylic acids is 1. The Hall–Kier alpha value is -2.76. The lowest BCUT2D eigenvalue weighted by Gasteiger charge is -2.35. The Morgan fingerprint density at radius 1 is 1.23 bits per heavy atom. The van der Waals surface area contributed by atoms with Gasteiger partial charge in [0.2, 0.25) is 0 Å². The van der Waals surface area contributed by atoms with Crippen LogP contribution in [-0.4, -0.2) is 62.1 Å². The lowest BCUT2D eigenvalue weighted by Crippen LogP contribution is -2.41. The minimum absolute atomic E-state index is 0.150. The zero-order valence-corrected chi connectivity index (χ0v) is 17.4. The van der Waals surface area contributed by atoms with Crippen molar-refractivity contribution in [3.63, 3.8) is 0 Å². The van der Waals surface area contributed by atoms with Gasteiger partial charge in [0.25, 0.3) is 0 Å². The van der Waals surface area contributed by atoms with E-state index in [9.17, 15) is 13.2 Å². The molecule has 1 saturated heterocycles. The number of amides is 2. The Bertz CT molecular complexity index is 1000. The van der Waals surface area contributed by atoms with E-state index in [1.54, 1.807) is 24.3 Å². The van der Waals surface area contributed by atoms with Gasteiger partial charge in [0.1, 0.15) is 10.6 Å². The molecule has 0 bridgehead atoms. The van der Waals surface area contributed by atoms with Crippen LogP contribution in [0.2, 0.25) is 0 Å². The van der Waals surface area contributed by atoms with Crippen LogP contribution < -0.4 is 16.4 Å². The maximum atomic E-state index is 12.7. The van der Waals surface area contributed by atoms with Gasteiger partial charge >= 0.3 is 6.03 Å². The molecule has 0 spiro atoms. The molecule has 5 N–H and O–H groups in total. The number of nitrogen functional groups attached to an aromatic ring is 1. The van der Waals surface area contributed by atoms with E-state index in [1.165, 1.54) is 12.3 Å². The zero-order chi connectivity index (χ0) is 21.8. The molecule has 0 radical (unpaired) electrons. The number of anilines is 2. The fraction of sp³-hybridized carbons (Fsp3) is 0.421. The van der Waals surface area contributed by atoms with Crippen molar-refractivity contribution in [3.05, 3.63) is 36.0 Å². The Labute approximate surface area is 174 Å².